The van der Waals surface area contributed by atoms with Crippen LogP contribution >= 0.6 is 0 Å². The van der Waals surface area contributed by atoms with E-state index in [1.807, 2.05) is 34.6 Å². The Kier molecular flexibility index (Phi) is 6.86. The van der Waals surface area contributed by atoms with Crippen molar-refractivity contribution >= 4 is 5.97 Å². The van der Waals surface area contributed by atoms with Crippen molar-refractivity contribution in [3.8, 4) is 0 Å². The standard InChI is InChI=1S/C14H28O4/c1-8-13(4,5)18-14(6,7)12(15)17-10-9-16-11(2)3/h11H,8-10H2,1-7H3. The summed E-state index contributed by atoms with van der Waals surface area (Å²) in [6, 6.07) is 0. The highest BCUT2D eigenvalue weighted by Gasteiger charge is 2.35. The van der Waals surface area contributed by atoms with Crippen LogP contribution in [0, 0.1) is 0 Å². The van der Waals surface area contributed by atoms with E-state index in [1.165, 1.54) is 0 Å². The molecule has 0 aliphatic carbocycles. The highest BCUT2D eigenvalue weighted by molar-refractivity contribution is 5.78. The largest absolute Gasteiger partial charge is 0.461 e. The molecule has 108 valence electrons. The Morgan fingerprint density at radius 3 is 2.11 bits per heavy atom. The quantitative estimate of drug-likeness (QED) is 0.497. The summed E-state index contributed by atoms with van der Waals surface area (Å²) >= 11 is 0. The lowest BCUT2D eigenvalue weighted by Gasteiger charge is -2.33. The lowest BCUT2D eigenvalue weighted by atomic mass is 10.0. The van der Waals surface area contributed by atoms with Gasteiger partial charge in [-0.3, -0.25) is 0 Å². The molecule has 0 rings (SSSR count). The minimum absolute atomic E-state index is 0.145. The monoisotopic (exact) mass is 260 g/mol. The summed E-state index contributed by atoms with van der Waals surface area (Å²) in [6.45, 7) is 14.0. The van der Waals surface area contributed by atoms with Crippen LogP contribution in [0.5, 0.6) is 0 Å². The van der Waals surface area contributed by atoms with Gasteiger partial charge in [0, 0.05) is 0 Å². The van der Waals surface area contributed by atoms with Gasteiger partial charge in [-0.05, 0) is 48.0 Å². The van der Waals surface area contributed by atoms with Crippen molar-refractivity contribution < 1.29 is 19.0 Å². The first-order valence-corrected chi connectivity index (χ1v) is 6.59. The van der Waals surface area contributed by atoms with Crippen LogP contribution in [0.25, 0.3) is 0 Å². The van der Waals surface area contributed by atoms with Crippen molar-refractivity contribution in [3.05, 3.63) is 0 Å². The summed E-state index contributed by atoms with van der Waals surface area (Å²) in [4.78, 5) is 11.9. The molecule has 0 saturated carbocycles. The first-order chi connectivity index (χ1) is 8.10. The predicted octanol–water partition coefficient (Wildman–Crippen LogP) is 2.94. The molecule has 4 nitrogen and oxygen atoms in total. The van der Waals surface area contributed by atoms with E-state index >= 15 is 0 Å². The minimum Gasteiger partial charge on any atom is -0.461 e. The van der Waals surface area contributed by atoms with Crippen molar-refractivity contribution in [2.75, 3.05) is 13.2 Å². The van der Waals surface area contributed by atoms with Crippen molar-refractivity contribution in [1.29, 1.82) is 0 Å². The lowest BCUT2D eigenvalue weighted by molar-refractivity contribution is -0.187. The first-order valence-electron chi connectivity index (χ1n) is 6.59. The van der Waals surface area contributed by atoms with Crippen LogP contribution in [0.4, 0.5) is 0 Å². The topological polar surface area (TPSA) is 44.8 Å². The van der Waals surface area contributed by atoms with Crippen molar-refractivity contribution in [3.63, 3.8) is 0 Å². The van der Waals surface area contributed by atoms with E-state index in [0.29, 0.717) is 6.61 Å². The molecular formula is C14H28O4. The smallest absolute Gasteiger partial charge is 0.337 e. The Balaban J connectivity index is 4.14. The third kappa shape index (κ3) is 6.97. The van der Waals surface area contributed by atoms with E-state index in [2.05, 4.69) is 0 Å². The molecule has 0 aromatic heterocycles. The highest BCUT2D eigenvalue weighted by Crippen LogP contribution is 2.24. The average molecular weight is 260 g/mol. The van der Waals surface area contributed by atoms with E-state index in [9.17, 15) is 4.79 Å². The van der Waals surface area contributed by atoms with Crippen LogP contribution in [0.3, 0.4) is 0 Å². The van der Waals surface area contributed by atoms with Crippen LogP contribution in [0.2, 0.25) is 0 Å². The van der Waals surface area contributed by atoms with Crippen LogP contribution in [-0.2, 0) is 19.0 Å². The normalized spacial score (nSPS) is 12.9. The second kappa shape index (κ2) is 7.10. The lowest BCUT2D eigenvalue weighted by Crippen LogP contribution is -2.44. The molecule has 0 bridgehead atoms. The number of rotatable bonds is 8. The molecule has 0 spiro atoms. The molecule has 0 N–H and O–H groups in total. The SMILES string of the molecule is CCC(C)(C)OC(C)(C)C(=O)OCCOC(C)C. The van der Waals surface area contributed by atoms with Gasteiger partial charge >= 0.3 is 5.97 Å². The van der Waals surface area contributed by atoms with Gasteiger partial charge in [0.2, 0.25) is 0 Å². The maximum atomic E-state index is 11.9. The summed E-state index contributed by atoms with van der Waals surface area (Å²) in [5.41, 5.74) is -1.27. The number of hydrogen-bond acceptors (Lipinski definition) is 4. The van der Waals surface area contributed by atoms with Crippen LogP contribution in [-0.4, -0.2) is 36.5 Å². The van der Waals surface area contributed by atoms with Gasteiger partial charge < -0.3 is 14.2 Å². The Hall–Kier alpha value is -0.610. The molecule has 4 heteroatoms. The fraction of sp³-hybridized carbons (Fsp3) is 0.929. The van der Waals surface area contributed by atoms with Crippen LogP contribution in [0.1, 0.15) is 54.9 Å². The maximum absolute atomic E-state index is 11.9. The molecule has 0 unspecified atom stereocenters. The minimum atomic E-state index is -0.933. The molecule has 0 aliphatic heterocycles. The Morgan fingerprint density at radius 2 is 1.67 bits per heavy atom. The van der Waals surface area contributed by atoms with Gasteiger partial charge in [0.05, 0.1) is 18.3 Å². The van der Waals surface area contributed by atoms with E-state index in [4.69, 9.17) is 14.2 Å². The predicted molar refractivity (Wildman–Crippen MR) is 71.6 cm³/mol. The van der Waals surface area contributed by atoms with Crippen LogP contribution in [0.15, 0.2) is 0 Å². The second-order valence-corrected chi connectivity index (χ2v) is 5.78. The zero-order chi connectivity index (χ0) is 14.4. The number of hydrogen-bond donors (Lipinski definition) is 0. The third-order valence-corrected chi connectivity index (χ3v) is 2.64. The summed E-state index contributed by atoms with van der Waals surface area (Å²) in [5.74, 6) is -0.351. The van der Waals surface area contributed by atoms with E-state index in [-0.39, 0.29) is 24.3 Å². The molecule has 0 aromatic rings. The molecule has 0 aromatic carbocycles. The second-order valence-electron chi connectivity index (χ2n) is 5.78. The maximum Gasteiger partial charge on any atom is 0.337 e. The summed E-state index contributed by atoms with van der Waals surface area (Å²) in [5, 5.41) is 0. The fourth-order valence-electron chi connectivity index (χ4n) is 1.40. The first kappa shape index (κ1) is 17.4. The molecule has 0 radical (unpaired) electrons. The molecule has 0 atom stereocenters. The summed E-state index contributed by atoms with van der Waals surface area (Å²) in [7, 11) is 0. The Morgan fingerprint density at radius 1 is 1.11 bits per heavy atom. The van der Waals surface area contributed by atoms with E-state index < -0.39 is 5.60 Å². The molecule has 0 fully saturated rings. The fourth-order valence-corrected chi connectivity index (χ4v) is 1.40. The Bertz CT molecular complexity index is 257. The van der Waals surface area contributed by atoms with Gasteiger partial charge in [-0.2, -0.15) is 0 Å². The molecule has 0 amide bonds. The van der Waals surface area contributed by atoms with Crippen molar-refractivity contribution in [2.24, 2.45) is 0 Å². The van der Waals surface area contributed by atoms with Gasteiger partial charge in [-0.25, -0.2) is 4.79 Å². The molecular weight excluding hydrogens is 232 g/mol. The number of carbonyl (C=O) groups excluding carboxylic acids is 1. The van der Waals surface area contributed by atoms with Gasteiger partial charge in [-0.1, -0.05) is 6.92 Å². The highest BCUT2D eigenvalue weighted by atomic mass is 16.6. The van der Waals surface area contributed by atoms with E-state index in [1.54, 1.807) is 13.8 Å². The van der Waals surface area contributed by atoms with Crippen LogP contribution < -0.4 is 0 Å². The third-order valence-electron chi connectivity index (χ3n) is 2.64. The Labute approximate surface area is 111 Å². The van der Waals surface area contributed by atoms with Crippen molar-refractivity contribution in [1.82, 2.24) is 0 Å². The number of esters is 1. The molecule has 0 saturated heterocycles. The summed E-state index contributed by atoms with van der Waals surface area (Å²) < 4.78 is 16.3. The zero-order valence-corrected chi connectivity index (χ0v) is 12.8. The average Bonchev–Trinajstić information content (AvgIpc) is 2.22. The van der Waals surface area contributed by atoms with Gasteiger partial charge in [-0.15, -0.1) is 0 Å². The van der Waals surface area contributed by atoms with Gasteiger partial charge in [0.15, 0.2) is 5.60 Å². The number of ether oxygens (including phenoxy) is 3. The molecule has 0 aliphatic rings. The molecule has 0 heterocycles. The van der Waals surface area contributed by atoms with Gasteiger partial charge in [0.25, 0.3) is 0 Å². The van der Waals surface area contributed by atoms with E-state index in [0.717, 1.165) is 6.42 Å². The molecule has 18 heavy (non-hydrogen) atoms. The van der Waals surface area contributed by atoms with Crippen molar-refractivity contribution in [2.45, 2.75) is 72.2 Å². The number of carbonyl (C=O) groups is 1. The van der Waals surface area contributed by atoms with Gasteiger partial charge in [0.1, 0.15) is 6.61 Å². The zero-order valence-electron chi connectivity index (χ0n) is 12.8. The summed E-state index contributed by atoms with van der Waals surface area (Å²) in [6.07, 6.45) is 0.979.